The Balaban J connectivity index is 1.15. The first-order valence-electron chi connectivity index (χ1n) is 17.3. The van der Waals surface area contributed by atoms with Crippen molar-refractivity contribution in [3.05, 3.63) is 12.7 Å². The highest BCUT2D eigenvalue weighted by atomic mass is 31.3. The Morgan fingerprint density at radius 3 is 1.96 bits per heavy atom. The number of hydrogen-bond acceptors (Lipinski definition) is 17. The minimum atomic E-state index is -5.35. The van der Waals surface area contributed by atoms with Crippen LogP contribution in [0.5, 0.6) is 0 Å². The number of anilines is 1. The quantitative estimate of drug-likeness (QED) is 0.0453. The van der Waals surface area contributed by atoms with Crippen molar-refractivity contribution in [2.75, 3.05) is 18.9 Å². The molecular formula is C29H52N6O14P2. The largest absolute Gasteiger partial charge is 0.481 e. The summed E-state index contributed by atoms with van der Waals surface area (Å²) in [6.45, 7) is 0.475. The van der Waals surface area contributed by atoms with Crippen molar-refractivity contribution in [2.24, 2.45) is 5.73 Å². The predicted molar refractivity (Wildman–Crippen MR) is 179 cm³/mol. The highest BCUT2D eigenvalue weighted by Gasteiger charge is 2.48. The molecular weight excluding hydrogens is 718 g/mol. The molecule has 2 aliphatic rings. The monoisotopic (exact) mass is 770 g/mol. The molecule has 0 spiro atoms. The predicted octanol–water partition coefficient (Wildman–Crippen LogP) is 1.73. The summed E-state index contributed by atoms with van der Waals surface area (Å²) in [6, 6.07) is 0. The van der Waals surface area contributed by atoms with Gasteiger partial charge in [-0.15, -0.1) is 0 Å². The number of phosphoric acid groups is 2. The summed E-state index contributed by atoms with van der Waals surface area (Å²) in [7, 11) is -10.7. The molecule has 2 saturated heterocycles. The average Bonchev–Trinajstić information content (AvgIpc) is 3.71. The molecule has 0 aliphatic carbocycles. The molecule has 2 aromatic rings. The molecule has 0 saturated carbocycles. The third-order valence-corrected chi connectivity index (χ3v) is 11.3. The molecule has 4 rings (SSSR count). The lowest BCUT2D eigenvalue weighted by atomic mass is 10.1. The number of aliphatic hydroxyl groups is 4. The zero-order valence-corrected chi connectivity index (χ0v) is 30.3. The fourth-order valence-corrected chi connectivity index (χ4v) is 7.97. The zero-order valence-electron chi connectivity index (χ0n) is 28.5. The Morgan fingerprint density at radius 1 is 0.804 bits per heavy atom. The molecule has 0 radical (unpaired) electrons. The van der Waals surface area contributed by atoms with Crippen LogP contribution in [0.1, 0.15) is 90.2 Å². The van der Waals surface area contributed by atoms with Gasteiger partial charge in [0.05, 0.1) is 19.5 Å². The number of fused-ring (bicyclic) bond motifs is 1. The van der Waals surface area contributed by atoms with E-state index in [0.717, 1.165) is 32.0 Å². The number of nitrogen functional groups attached to an aromatic ring is 1. The standard InChI is InChI=1S/C29H52N6O14P2/c1-2-3-4-5-6-7-8-9-10-11-12-13-20(30)48-29-25(39)23(37)19(47-29)15-45-51(42,43)49-50(40,41)44-14-18-22(36)24(38)28(46-18)35-17-34-21-26(31)32-16-33-27(21)35/h16-20,22-25,28-29,36-39H,2-15,30H2,1H3,(H,40,41)(H,42,43)(H2,31,32,33)/t18-,19-,20-,22-,23-,24-,25-,28-,29+/m1/s1. The van der Waals surface area contributed by atoms with Crippen LogP contribution in [0.4, 0.5) is 5.82 Å². The Morgan fingerprint density at radius 2 is 1.35 bits per heavy atom. The summed E-state index contributed by atoms with van der Waals surface area (Å²) in [5.41, 5.74) is 12.2. The number of nitrogens with two attached hydrogens (primary N) is 2. The minimum absolute atomic E-state index is 0.0632. The second kappa shape index (κ2) is 19.6. The van der Waals surface area contributed by atoms with Gasteiger partial charge in [0.2, 0.25) is 0 Å². The molecule has 0 amide bonds. The topological polar surface area (TPSA) is 307 Å². The first-order valence-corrected chi connectivity index (χ1v) is 20.2. The molecule has 0 bridgehead atoms. The number of phosphoric ester groups is 2. The second-order valence-electron chi connectivity index (χ2n) is 12.8. The lowest BCUT2D eigenvalue weighted by Gasteiger charge is -2.21. The summed E-state index contributed by atoms with van der Waals surface area (Å²) in [4.78, 5) is 32.1. The van der Waals surface area contributed by atoms with Gasteiger partial charge in [-0.25, -0.2) is 24.1 Å². The van der Waals surface area contributed by atoms with Crippen molar-refractivity contribution < 1.29 is 66.9 Å². The van der Waals surface area contributed by atoms with E-state index in [9.17, 15) is 39.3 Å². The van der Waals surface area contributed by atoms with Gasteiger partial charge in [-0.1, -0.05) is 71.1 Å². The molecule has 20 nitrogen and oxygen atoms in total. The number of aliphatic hydroxyl groups excluding tert-OH is 4. The van der Waals surface area contributed by atoms with Crippen LogP contribution in [0.3, 0.4) is 0 Å². The summed E-state index contributed by atoms with van der Waals surface area (Å²) in [5, 5.41) is 41.7. The number of rotatable bonds is 23. The van der Waals surface area contributed by atoms with Gasteiger partial charge >= 0.3 is 15.6 Å². The van der Waals surface area contributed by atoms with Gasteiger partial charge < -0.3 is 55.9 Å². The molecule has 2 unspecified atom stereocenters. The fraction of sp³-hybridized carbons (Fsp3) is 0.828. The van der Waals surface area contributed by atoms with Crippen molar-refractivity contribution in [3.8, 4) is 0 Å². The van der Waals surface area contributed by atoms with Crippen LogP contribution in [-0.2, 0) is 36.7 Å². The van der Waals surface area contributed by atoms with Crippen LogP contribution in [0.2, 0.25) is 0 Å². The first-order chi connectivity index (χ1) is 24.2. The van der Waals surface area contributed by atoms with Gasteiger partial charge in [-0.3, -0.25) is 13.6 Å². The van der Waals surface area contributed by atoms with Crippen LogP contribution in [0, 0.1) is 0 Å². The Labute approximate surface area is 295 Å². The normalized spacial score (nSPS) is 29.7. The van der Waals surface area contributed by atoms with Gasteiger partial charge in [0, 0.05) is 0 Å². The van der Waals surface area contributed by atoms with E-state index in [4.69, 9.17) is 34.7 Å². The average molecular weight is 771 g/mol. The van der Waals surface area contributed by atoms with Crippen LogP contribution in [-0.4, -0.2) is 112 Å². The van der Waals surface area contributed by atoms with Gasteiger partial charge in [0.25, 0.3) is 0 Å². The highest BCUT2D eigenvalue weighted by molar-refractivity contribution is 7.61. The van der Waals surface area contributed by atoms with E-state index in [1.165, 1.54) is 55.8 Å². The van der Waals surface area contributed by atoms with Crippen LogP contribution >= 0.6 is 15.6 Å². The minimum Gasteiger partial charge on any atom is -0.387 e. The van der Waals surface area contributed by atoms with E-state index in [0.29, 0.717) is 6.42 Å². The van der Waals surface area contributed by atoms with Gasteiger partial charge in [0.15, 0.2) is 24.0 Å². The summed E-state index contributed by atoms with van der Waals surface area (Å²) in [6.07, 6.45) is 3.14. The smallest absolute Gasteiger partial charge is 0.387 e. The molecule has 292 valence electrons. The maximum Gasteiger partial charge on any atom is 0.481 e. The van der Waals surface area contributed by atoms with Gasteiger partial charge in [-0.05, 0) is 12.8 Å². The maximum absolute atomic E-state index is 12.5. The summed E-state index contributed by atoms with van der Waals surface area (Å²) < 4.78 is 56.6. The third-order valence-electron chi connectivity index (χ3n) is 8.73. The third kappa shape index (κ3) is 12.1. The van der Waals surface area contributed by atoms with Crippen LogP contribution < -0.4 is 11.5 Å². The molecule has 2 aromatic heterocycles. The van der Waals surface area contributed by atoms with Crippen LogP contribution in [0.25, 0.3) is 11.2 Å². The van der Waals surface area contributed by atoms with E-state index < -0.39 is 84.2 Å². The SMILES string of the molecule is CCCCCCCCCCCCC[C@H](N)O[C@@H]1O[C@H](COP(=O)(O)OP(=O)(O)OC[C@H]2O[C@@H](n3cnc4c(N)ncnc43)[C@H](O)[C@@H]2O)[C@@H](O)[C@H]1O. The van der Waals surface area contributed by atoms with Crippen molar-refractivity contribution in [1.82, 2.24) is 19.5 Å². The fourth-order valence-electron chi connectivity index (χ4n) is 5.88. The number of nitrogens with zero attached hydrogens (tertiary/aromatic N) is 4. The molecule has 4 heterocycles. The second-order valence-corrected chi connectivity index (χ2v) is 15.8. The molecule has 10 N–H and O–H groups in total. The molecule has 2 aliphatic heterocycles. The number of hydrogen-bond donors (Lipinski definition) is 8. The van der Waals surface area contributed by atoms with E-state index in [1.54, 1.807) is 0 Å². The van der Waals surface area contributed by atoms with Crippen molar-refractivity contribution in [2.45, 2.75) is 139 Å². The molecule has 2 fully saturated rings. The molecule has 51 heavy (non-hydrogen) atoms. The zero-order chi connectivity index (χ0) is 37.2. The Kier molecular flexibility index (Phi) is 16.1. The maximum atomic E-state index is 12.5. The van der Waals surface area contributed by atoms with Gasteiger partial charge in [-0.2, -0.15) is 4.31 Å². The van der Waals surface area contributed by atoms with E-state index in [2.05, 4.69) is 26.2 Å². The Bertz CT molecular complexity index is 1460. The Hall–Kier alpha value is -1.71. The lowest BCUT2D eigenvalue weighted by Crippen LogP contribution is -2.38. The number of imidazole rings is 1. The number of unbranched alkanes of at least 4 members (excludes halogenated alkanes) is 10. The van der Waals surface area contributed by atoms with Crippen LogP contribution in [0.15, 0.2) is 12.7 Å². The highest BCUT2D eigenvalue weighted by Crippen LogP contribution is 2.60. The van der Waals surface area contributed by atoms with Crippen molar-refractivity contribution in [1.29, 1.82) is 0 Å². The number of ether oxygens (including phenoxy) is 3. The van der Waals surface area contributed by atoms with E-state index in [1.807, 2.05) is 0 Å². The molecule has 22 heteroatoms. The lowest BCUT2D eigenvalue weighted by molar-refractivity contribution is -0.193. The number of aromatic nitrogens is 4. The van der Waals surface area contributed by atoms with Crippen molar-refractivity contribution in [3.63, 3.8) is 0 Å². The summed E-state index contributed by atoms with van der Waals surface area (Å²) >= 11 is 0. The molecule has 0 aromatic carbocycles. The first kappa shape index (κ1) is 42.0. The summed E-state index contributed by atoms with van der Waals surface area (Å²) in [5.74, 6) is 0.0632. The van der Waals surface area contributed by atoms with Gasteiger partial charge in [0.1, 0.15) is 54.7 Å². The van der Waals surface area contributed by atoms with E-state index in [-0.39, 0.29) is 17.0 Å². The van der Waals surface area contributed by atoms with Crippen molar-refractivity contribution >= 4 is 32.6 Å². The van der Waals surface area contributed by atoms with E-state index >= 15 is 0 Å². The molecule has 11 atom stereocenters.